The monoisotopic (exact) mass is 1760 g/mol. The van der Waals surface area contributed by atoms with Gasteiger partial charge in [-0.05, 0) is 219 Å². The Morgan fingerprint density at radius 2 is 0.601 bits per heavy atom. The zero-order chi connectivity index (χ0) is 91.4. The molecule has 23 aromatic rings. The second-order valence-corrected chi connectivity index (χ2v) is 38.0. The van der Waals surface area contributed by atoms with E-state index in [2.05, 4.69) is 519 Å². The Morgan fingerprint density at radius 3 is 1.16 bits per heavy atom. The van der Waals surface area contributed by atoms with Crippen LogP contribution in [0.1, 0.15) is 26.3 Å². The Labute approximate surface area is 803 Å². The number of para-hydroxylation sites is 6. The van der Waals surface area contributed by atoms with Gasteiger partial charge in [0.25, 0.3) is 13.4 Å². The van der Waals surface area contributed by atoms with Gasteiger partial charge in [0.1, 0.15) is 23.0 Å². The number of benzene rings is 21. The van der Waals surface area contributed by atoms with Crippen molar-refractivity contribution >= 4 is 124 Å². The predicted octanol–water partition coefficient (Wildman–Crippen LogP) is 30.7. The van der Waals surface area contributed by atoms with E-state index in [9.17, 15) is 0 Å². The van der Waals surface area contributed by atoms with Gasteiger partial charge in [-0.25, -0.2) is 0 Å². The molecule has 0 amide bonds. The maximum atomic E-state index is 8.54. The summed E-state index contributed by atoms with van der Waals surface area (Å²) in [6.07, 6.45) is 0. The molecule has 138 heavy (non-hydrogen) atoms. The minimum absolute atomic E-state index is 0.448. The Kier molecular flexibility index (Phi) is 18.7. The summed E-state index contributed by atoms with van der Waals surface area (Å²) in [7, 11) is 0. The number of hydrogen-bond donors (Lipinski definition) is 0. The molecule has 0 fully saturated rings. The normalized spacial score (nSPS) is 12.7. The van der Waals surface area contributed by atoms with Crippen molar-refractivity contribution in [2.75, 3.05) is 9.80 Å². The van der Waals surface area contributed by atoms with E-state index in [1.54, 1.807) is 0 Å². The van der Waals surface area contributed by atoms with Gasteiger partial charge in [-0.1, -0.05) is 397 Å². The van der Waals surface area contributed by atoms with Crippen molar-refractivity contribution in [3.63, 3.8) is 0 Å². The van der Waals surface area contributed by atoms with Gasteiger partial charge in [0.05, 0.1) is 33.4 Å². The summed E-state index contributed by atoms with van der Waals surface area (Å²) in [5.74, 6) is 3.06. The Balaban J connectivity index is 0.803. The summed E-state index contributed by atoms with van der Waals surface area (Å²) < 4.78 is 21.9. The molecule has 0 unspecified atom stereocenters. The maximum Gasteiger partial charge on any atom is 0.260 e. The van der Waals surface area contributed by atoms with Crippen LogP contribution in [0.2, 0.25) is 0 Å². The van der Waals surface area contributed by atoms with Crippen LogP contribution in [0.4, 0.5) is 34.1 Å². The molecule has 0 radical (unpaired) electrons. The van der Waals surface area contributed by atoms with Crippen molar-refractivity contribution < 1.29 is 9.47 Å². The summed E-state index contributed by atoms with van der Waals surface area (Å²) in [5, 5.41) is 4.66. The van der Waals surface area contributed by atoms with Gasteiger partial charge >= 0.3 is 0 Å². The van der Waals surface area contributed by atoms with Gasteiger partial charge in [0.2, 0.25) is 0 Å². The Hall–Kier alpha value is -17.5. The average molecular weight is 1760 g/mol. The lowest BCUT2D eigenvalue weighted by molar-refractivity contribution is 0.468. The molecule has 4 aliphatic rings. The Morgan fingerprint density at radius 1 is 0.210 bits per heavy atom. The summed E-state index contributed by atoms with van der Waals surface area (Å²) in [4.78, 5) is 5.40. The van der Waals surface area contributed by atoms with E-state index in [1.165, 1.54) is 10.8 Å². The summed E-state index contributed by atoms with van der Waals surface area (Å²) in [6, 6.07) is 178. The molecular weight excluding hydrogens is 1670 g/mol. The van der Waals surface area contributed by atoms with Crippen molar-refractivity contribution in [1.29, 1.82) is 0 Å². The van der Waals surface area contributed by atoms with Crippen molar-refractivity contribution in [3.8, 4) is 146 Å². The van der Waals surface area contributed by atoms with Crippen LogP contribution in [0, 0.1) is 0 Å². The van der Waals surface area contributed by atoms with Crippen LogP contribution in [0.5, 0.6) is 23.0 Å². The third kappa shape index (κ3) is 13.0. The summed E-state index contributed by atoms with van der Waals surface area (Å²) >= 11 is 0. The molecule has 0 saturated carbocycles. The highest BCUT2D eigenvalue weighted by atomic mass is 16.5. The molecule has 0 spiro atoms. The number of fused-ring (bicyclic) bond motifs is 15. The Bertz CT molecular complexity index is 8700. The quantitative estimate of drug-likeness (QED) is 0.102. The lowest BCUT2D eigenvalue weighted by Crippen LogP contribution is -2.65. The van der Waals surface area contributed by atoms with Gasteiger partial charge < -0.3 is 28.4 Å². The number of rotatable bonds is 14. The molecule has 8 heteroatoms. The summed E-state index contributed by atoms with van der Waals surface area (Å²) in [5.41, 5.74) is 41.7. The first-order valence-electron chi connectivity index (χ1n) is 47.9. The van der Waals surface area contributed by atoms with Crippen LogP contribution in [-0.2, 0) is 5.41 Å². The molecule has 0 N–H and O–H groups in total. The molecule has 4 aliphatic heterocycles. The van der Waals surface area contributed by atoms with Crippen molar-refractivity contribution in [1.82, 2.24) is 9.13 Å². The first-order valence-corrected chi connectivity index (χ1v) is 47.9. The second-order valence-electron chi connectivity index (χ2n) is 38.0. The highest BCUT2D eigenvalue weighted by Crippen LogP contribution is 2.58. The van der Waals surface area contributed by atoms with Crippen LogP contribution >= 0.6 is 0 Å². The fourth-order valence-corrected chi connectivity index (χ4v) is 22.8. The molecule has 6 nitrogen and oxygen atoms in total. The third-order valence-electron chi connectivity index (χ3n) is 29.1. The number of nitrogens with zero attached hydrogens (tertiary/aromatic N) is 4. The van der Waals surface area contributed by atoms with Gasteiger partial charge in [0, 0.05) is 95.0 Å². The molecule has 6 heterocycles. The van der Waals surface area contributed by atoms with Gasteiger partial charge in [-0.2, -0.15) is 0 Å². The number of ether oxygens (including phenoxy) is 2. The van der Waals surface area contributed by atoms with E-state index >= 15 is 0 Å². The lowest BCUT2D eigenvalue weighted by Gasteiger charge is -2.48. The lowest BCUT2D eigenvalue weighted by atomic mass is 9.30. The third-order valence-corrected chi connectivity index (χ3v) is 29.1. The van der Waals surface area contributed by atoms with Crippen LogP contribution in [-0.4, -0.2) is 22.6 Å². The molecule has 21 aromatic carbocycles. The van der Waals surface area contributed by atoms with Crippen LogP contribution in [0.3, 0.4) is 0 Å². The largest absolute Gasteiger partial charge is 0.459 e. The standard InChI is InChI=1S/C130H88B2N4O2/c1-130(2,3)97-80-117-123-118(81-97)136(126-100(87-45-20-8-21-46-87)59-34-60-101(126)88-47-22-9-23-48-88)119-82-121-125-129(137-120-79-93(85-41-16-6-17-42-85)68-71-110(120)131(125)111-77-96(86-43-18-7-19-44-86)76-108(128(111)138-121)105-63-36-66-115-122(105)106-58-29-31-65-113(106)134(115)99-55-26-11-27-56-99)124(119)132(123)109-70-67-92(91-69-72-114-107(75-91)104-57-28-30-64-112(104)133(114)98-53-24-10-25-54-98)78-116(109)135(117)127-102(94-51-32-49-89(73-94)83-37-12-4-13-38-83)61-35-62-103(127)95-52-33-50-90(74-95)84-39-14-5-15-40-84/h4-82H,1-3H3. The van der Waals surface area contributed by atoms with Crippen molar-refractivity contribution in [2.24, 2.45) is 0 Å². The number of anilines is 6. The molecule has 0 saturated heterocycles. The van der Waals surface area contributed by atoms with Crippen LogP contribution in [0.25, 0.3) is 166 Å². The SMILES string of the molecule is CC(C)(C)c1cc2c3c(c1)N(c1c(-c4ccccc4)cccc1-c1ccccc1)c1cc4c5c(c1B3c1ccc(-c3ccc6c(c3)c3ccccc3n6-c3ccccc3)cc1N2c1c(-c2cccc(-c3ccccc3)c2)cccc1-c1cccc(-c2ccccc2)c1)Oc1cc(-c2ccccc2)ccc1B5c1cc(-c2ccccc2)cc(-c2cccc3c2c2ccccc2n3-c2ccccc2)c1O4. The van der Waals surface area contributed by atoms with E-state index < -0.39 is 18.8 Å². The molecule has 27 rings (SSSR count). The molecule has 2 aromatic heterocycles. The van der Waals surface area contributed by atoms with Crippen LogP contribution in [0.15, 0.2) is 479 Å². The number of hydrogen-bond acceptors (Lipinski definition) is 4. The van der Waals surface area contributed by atoms with Crippen LogP contribution < -0.4 is 52.1 Å². The average Bonchev–Trinajstić information content (AvgIpc) is 0.763. The fraction of sp³-hybridized carbons (Fsp3) is 0.0308. The molecule has 0 bridgehead atoms. The number of aromatic nitrogens is 2. The smallest absolute Gasteiger partial charge is 0.260 e. The first kappa shape index (κ1) is 80.2. The molecule has 0 aliphatic carbocycles. The molecule has 0 atom stereocenters. The van der Waals surface area contributed by atoms with Crippen molar-refractivity contribution in [3.05, 3.63) is 485 Å². The van der Waals surface area contributed by atoms with E-state index in [-0.39, 0.29) is 0 Å². The van der Waals surface area contributed by atoms with E-state index in [1.807, 2.05) is 0 Å². The maximum absolute atomic E-state index is 8.54. The van der Waals surface area contributed by atoms with E-state index in [0.717, 1.165) is 251 Å². The van der Waals surface area contributed by atoms with Gasteiger partial charge in [-0.3, -0.25) is 0 Å². The minimum Gasteiger partial charge on any atom is -0.459 e. The van der Waals surface area contributed by atoms with Crippen molar-refractivity contribution in [2.45, 2.75) is 26.2 Å². The highest BCUT2D eigenvalue weighted by molar-refractivity contribution is 7.03. The minimum atomic E-state index is -0.531. The highest BCUT2D eigenvalue weighted by Gasteiger charge is 2.52. The zero-order valence-corrected chi connectivity index (χ0v) is 76.4. The topological polar surface area (TPSA) is 34.8 Å². The zero-order valence-electron chi connectivity index (χ0n) is 76.4. The predicted molar refractivity (Wildman–Crippen MR) is 580 cm³/mol. The second kappa shape index (κ2) is 32.2. The van der Waals surface area contributed by atoms with Gasteiger partial charge in [-0.15, -0.1) is 0 Å². The summed E-state index contributed by atoms with van der Waals surface area (Å²) in [6.45, 7) is 6.20. The molecule has 646 valence electrons. The molecular formula is C130H88B2N4O2. The van der Waals surface area contributed by atoms with E-state index in [4.69, 9.17) is 9.47 Å². The first-order chi connectivity index (χ1) is 68.1. The fourth-order valence-electron chi connectivity index (χ4n) is 22.8. The van der Waals surface area contributed by atoms with Gasteiger partial charge in [0.15, 0.2) is 0 Å². The van der Waals surface area contributed by atoms with E-state index in [0.29, 0.717) is 0 Å².